The fraction of sp³-hybridized carbons (Fsp3) is 0.533. The zero-order valence-electron chi connectivity index (χ0n) is 13.5. The molecule has 0 aromatic heterocycles. The van der Waals surface area contributed by atoms with Gasteiger partial charge in [-0.2, -0.15) is 8.42 Å². The SMILES string of the molecule is C[N+](C)(C)C[C@H](CC(=O)OCc1ccccc1)OS(C)(=O)=O. The maximum absolute atomic E-state index is 11.9. The third kappa shape index (κ3) is 8.76. The van der Waals surface area contributed by atoms with Crippen molar-refractivity contribution < 1.29 is 26.6 Å². The number of carbonyl (C=O) groups excluding carboxylic acids is 1. The Morgan fingerprint density at radius 1 is 1.18 bits per heavy atom. The Hall–Kier alpha value is -1.44. The van der Waals surface area contributed by atoms with Gasteiger partial charge < -0.3 is 9.22 Å². The van der Waals surface area contributed by atoms with E-state index in [1.54, 1.807) is 0 Å². The van der Waals surface area contributed by atoms with E-state index in [-0.39, 0.29) is 13.0 Å². The first-order valence-electron chi connectivity index (χ1n) is 6.93. The first kappa shape index (κ1) is 18.6. The molecule has 1 aromatic rings. The predicted octanol–water partition coefficient (Wildman–Crippen LogP) is 1.17. The van der Waals surface area contributed by atoms with Crippen LogP contribution in [0.15, 0.2) is 30.3 Å². The number of hydrogen-bond acceptors (Lipinski definition) is 5. The second-order valence-corrected chi connectivity index (χ2v) is 7.85. The van der Waals surface area contributed by atoms with E-state index < -0.39 is 22.2 Å². The Morgan fingerprint density at radius 2 is 1.77 bits per heavy atom. The number of carbonyl (C=O) groups is 1. The minimum absolute atomic E-state index is 0.102. The third-order valence-electron chi connectivity index (χ3n) is 2.70. The zero-order chi connectivity index (χ0) is 16.8. The van der Waals surface area contributed by atoms with Crippen LogP contribution in [0.3, 0.4) is 0 Å². The number of likely N-dealkylation sites (N-methyl/N-ethyl adjacent to an activating group) is 1. The van der Waals surface area contributed by atoms with Crippen LogP contribution in [0.25, 0.3) is 0 Å². The molecule has 0 spiro atoms. The summed E-state index contributed by atoms with van der Waals surface area (Å²) >= 11 is 0. The minimum Gasteiger partial charge on any atom is -0.461 e. The molecule has 124 valence electrons. The Kier molecular flexibility index (Phi) is 6.52. The van der Waals surface area contributed by atoms with Crippen molar-refractivity contribution in [1.82, 2.24) is 0 Å². The van der Waals surface area contributed by atoms with Crippen molar-refractivity contribution in [3.63, 3.8) is 0 Å². The lowest BCUT2D eigenvalue weighted by Gasteiger charge is -2.28. The number of esters is 1. The Morgan fingerprint density at radius 3 is 2.27 bits per heavy atom. The topological polar surface area (TPSA) is 69.7 Å². The second-order valence-electron chi connectivity index (χ2n) is 6.25. The normalized spacial score (nSPS) is 13.6. The number of ether oxygens (including phenoxy) is 1. The van der Waals surface area contributed by atoms with Crippen LogP contribution in [-0.4, -0.2) is 58.9 Å². The maximum atomic E-state index is 11.9. The molecule has 0 N–H and O–H groups in total. The molecule has 7 heteroatoms. The molecular weight excluding hydrogens is 306 g/mol. The van der Waals surface area contributed by atoms with E-state index in [2.05, 4.69) is 0 Å². The average Bonchev–Trinajstić information content (AvgIpc) is 2.33. The largest absolute Gasteiger partial charge is 0.461 e. The fourth-order valence-corrected chi connectivity index (χ4v) is 2.59. The molecule has 0 aliphatic carbocycles. The van der Waals surface area contributed by atoms with Gasteiger partial charge in [-0.25, -0.2) is 0 Å². The molecule has 0 aliphatic rings. The summed E-state index contributed by atoms with van der Waals surface area (Å²) in [6.07, 6.45) is 0.138. The van der Waals surface area contributed by atoms with Crippen LogP contribution in [0.4, 0.5) is 0 Å². The van der Waals surface area contributed by atoms with Crippen LogP contribution in [0, 0.1) is 0 Å². The van der Waals surface area contributed by atoms with Gasteiger partial charge in [0.25, 0.3) is 10.1 Å². The highest BCUT2D eigenvalue weighted by atomic mass is 32.2. The van der Waals surface area contributed by atoms with Gasteiger partial charge in [0, 0.05) is 0 Å². The molecule has 1 aromatic carbocycles. The van der Waals surface area contributed by atoms with Crippen LogP contribution < -0.4 is 0 Å². The predicted molar refractivity (Wildman–Crippen MR) is 83.5 cm³/mol. The zero-order valence-corrected chi connectivity index (χ0v) is 14.3. The van der Waals surface area contributed by atoms with Gasteiger partial charge in [-0.05, 0) is 5.56 Å². The number of hydrogen-bond donors (Lipinski definition) is 0. The molecule has 0 unspecified atom stereocenters. The first-order valence-corrected chi connectivity index (χ1v) is 8.75. The van der Waals surface area contributed by atoms with Crippen LogP contribution in [-0.2, 0) is 30.4 Å². The minimum atomic E-state index is -3.63. The van der Waals surface area contributed by atoms with Crippen molar-refractivity contribution in [2.75, 3.05) is 33.9 Å². The van der Waals surface area contributed by atoms with E-state index >= 15 is 0 Å². The van der Waals surface area contributed by atoms with Crippen LogP contribution in [0.5, 0.6) is 0 Å². The number of nitrogens with zero attached hydrogens (tertiary/aromatic N) is 1. The van der Waals surface area contributed by atoms with Gasteiger partial charge in [-0.1, -0.05) is 30.3 Å². The lowest BCUT2D eigenvalue weighted by atomic mass is 10.2. The molecule has 0 radical (unpaired) electrons. The molecule has 6 nitrogen and oxygen atoms in total. The van der Waals surface area contributed by atoms with Crippen molar-refractivity contribution in [2.45, 2.75) is 19.1 Å². The average molecular weight is 330 g/mol. The summed E-state index contributed by atoms with van der Waals surface area (Å²) in [6.45, 7) is 0.545. The summed E-state index contributed by atoms with van der Waals surface area (Å²) in [7, 11) is 2.06. The highest BCUT2D eigenvalue weighted by Crippen LogP contribution is 2.10. The molecule has 0 heterocycles. The third-order valence-corrected chi connectivity index (χ3v) is 3.32. The van der Waals surface area contributed by atoms with Crippen LogP contribution in [0.2, 0.25) is 0 Å². The summed E-state index contributed by atoms with van der Waals surface area (Å²) in [6, 6.07) is 9.29. The Labute approximate surface area is 132 Å². The smallest absolute Gasteiger partial charge is 0.309 e. The highest BCUT2D eigenvalue weighted by Gasteiger charge is 2.26. The van der Waals surface area contributed by atoms with Crippen molar-refractivity contribution in [3.05, 3.63) is 35.9 Å². The highest BCUT2D eigenvalue weighted by molar-refractivity contribution is 7.86. The fourth-order valence-electron chi connectivity index (χ4n) is 1.97. The van der Waals surface area contributed by atoms with Gasteiger partial charge in [0.05, 0.1) is 33.8 Å². The van der Waals surface area contributed by atoms with E-state index in [0.29, 0.717) is 11.0 Å². The van der Waals surface area contributed by atoms with Crippen molar-refractivity contribution in [2.24, 2.45) is 0 Å². The Bertz CT molecular complexity index is 578. The molecular formula is C15H24NO5S+. The van der Waals surface area contributed by atoms with Crippen molar-refractivity contribution in [1.29, 1.82) is 0 Å². The molecule has 0 saturated carbocycles. The number of benzene rings is 1. The lowest BCUT2D eigenvalue weighted by molar-refractivity contribution is -0.873. The van der Waals surface area contributed by atoms with E-state index in [1.165, 1.54) is 0 Å². The van der Waals surface area contributed by atoms with Crippen molar-refractivity contribution >= 4 is 16.1 Å². The molecule has 1 atom stereocenters. The molecule has 0 aliphatic heterocycles. The number of quaternary nitrogens is 1. The standard InChI is InChI=1S/C15H24NO5S/c1-16(2,3)11-14(21-22(4,18)19)10-15(17)20-12-13-8-6-5-7-9-13/h5-9,14H,10-12H2,1-4H3/q+1/t14-/m0/s1. The molecule has 22 heavy (non-hydrogen) atoms. The molecule has 0 bridgehead atoms. The van der Waals surface area contributed by atoms with E-state index in [1.807, 2.05) is 51.5 Å². The monoisotopic (exact) mass is 330 g/mol. The van der Waals surface area contributed by atoms with Crippen LogP contribution >= 0.6 is 0 Å². The summed E-state index contributed by atoms with van der Waals surface area (Å²) < 4.78 is 33.3. The summed E-state index contributed by atoms with van der Waals surface area (Å²) in [5.41, 5.74) is 0.878. The van der Waals surface area contributed by atoms with E-state index in [9.17, 15) is 13.2 Å². The van der Waals surface area contributed by atoms with Gasteiger partial charge in [-0.3, -0.25) is 8.98 Å². The summed E-state index contributed by atoms with van der Waals surface area (Å²) in [5, 5.41) is 0. The van der Waals surface area contributed by atoms with Gasteiger partial charge >= 0.3 is 5.97 Å². The van der Waals surface area contributed by atoms with E-state index in [4.69, 9.17) is 8.92 Å². The van der Waals surface area contributed by atoms with E-state index in [0.717, 1.165) is 11.8 Å². The van der Waals surface area contributed by atoms with Gasteiger partial charge in [-0.15, -0.1) is 0 Å². The molecule has 0 amide bonds. The quantitative estimate of drug-likeness (QED) is 0.406. The first-order chi connectivity index (χ1) is 10.1. The summed E-state index contributed by atoms with van der Waals surface area (Å²) in [5.74, 6) is -0.481. The number of rotatable bonds is 8. The molecule has 0 fully saturated rings. The Balaban J connectivity index is 2.58. The second kappa shape index (κ2) is 7.71. The molecule has 1 rings (SSSR count). The maximum Gasteiger partial charge on any atom is 0.309 e. The van der Waals surface area contributed by atoms with Gasteiger partial charge in [0.2, 0.25) is 0 Å². The summed E-state index contributed by atoms with van der Waals surface area (Å²) in [4.78, 5) is 11.9. The molecule has 0 saturated heterocycles. The lowest BCUT2D eigenvalue weighted by Crippen LogP contribution is -2.43. The van der Waals surface area contributed by atoms with Gasteiger partial charge in [0.1, 0.15) is 19.3 Å². The van der Waals surface area contributed by atoms with Crippen LogP contribution in [0.1, 0.15) is 12.0 Å². The van der Waals surface area contributed by atoms with Crippen molar-refractivity contribution in [3.8, 4) is 0 Å². The van der Waals surface area contributed by atoms with Gasteiger partial charge in [0.15, 0.2) is 0 Å².